The monoisotopic (exact) mass is 504 g/mol. The van der Waals surface area contributed by atoms with Gasteiger partial charge in [-0.15, -0.1) is 0 Å². The molecule has 4 rings (SSSR count). The van der Waals surface area contributed by atoms with Crippen LogP contribution in [0.2, 0.25) is 0 Å². The van der Waals surface area contributed by atoms with E-state index in [1.54, 1.807) is 11.0 Å². The summed E-state index contributed by atoms with van der Waals surface area (Å²) in [5.74, 6) is 1.47. The Hall–Kier alpha value is -3.52. The zero-order valence-corrected chi connectivity index (χ0v) is 21.9. The van der Waals surface area contributed by atoms with E-state index in [2.05, 4.69) is 35.5 Å². The van der Waals surface area contributed by atoms with E-state index in [-0.39, 0.29) is 17.6 Å². The standard InChI is InChI=1S/C29H37FN6O/c1-6-26(34-29-25(31-4)14-9-19(2)33-29)36-18-21(16-27(36)37)17-32-15-7-8-23-24(30)13-12-22-11-10-20(3)35(5)28(22)23/h10-13,21,32-33H,2-4,6-9,14-18H2,1,5H3/b34-26+/t21-/m0/s1. The van der Waals surface area contributed by atoms with E-state index in [1.807, 2.05) is 37.1 Å². The van der Waals surface area contributed by atoms with Crippen molar-refractivity contribution < 1.29 is 9.18 Å². The van der Waals surface area contributed by atoms with Crippen LogP contribution in [0, 0.1) is 11.7 Å². The highest BCUT2D eigenvalue weighted by Gasteiger charge is 2.32. The van der Waals surface area contributed by atoms with Gasteiger partial charge in [0.05, 0.1) is 11.4 Å². The van der Waals surface area contributed by atoms with Crippen LogP contribution in [0.15, 0.2) is 64.3 Å². The van der Waals surface area contributed by atoms with E-state index in [4.69, 9.17) is 4.99 Å². The minimum Gasteiger partial charge on any atom is -0.344 e. The van der Waals surface area contributed by atoms with Gasteiger partial charge in [0.15, 0.2) is 5.82 Å². The maximum Gasteiger partial charge on any atom is 0.228 e. The number of anilines is 1. The largest absolute Gasteiger partial charge is 0.344 e. The Morgan fingerprint density at radius 1 is 1.27 bits per heavy atom. The van der Waals surface area contributed by atoms with Crippen molar-refractivity contribution >= 4 is 30.2 Å². The summed E-state index contributed by atoms with van der Waals surface area (Å²) in [4.78, 5) is 25.4. The van der Waals surface area contributed by atoms with E-state index >= 15 is 0 Å². The number of likely N-dealkylation sites (tertiary alicyclic amines) is 1. The molecular weight excluding hydrogens is 467 g/mol. The van der Waals surface area contributed by atoms with Crippen LogP contribution in [-0.4, -0.2) is 50.0 Å². The van der Waals surface area contributed by atoms with Crippen molar-refractivity contribution in [2.75, 3.05) is 31.6 Å². The second kappa shape index (κ2) is 11.7. The lowest BCUT2D eigenvalue weighted by Crippen LogP contribution is -2.34. The molecule has 0 aromatic heterocycles. The first kappa shape index (κ1) is 26.5. The van der Waals surface area contributed by atoms with Crippen LogP contribution in [0.1, 0.15) is 50.2 Å². The summed E-state index contributed by atoms with van der Waals surface area (Å²) in [5.41, 5.74) is 5.17. The molecule has 37 heavy (non-hydrogen) atoms. The predicted molar refractivity (Wildman–Crippen MR) is 150 cm³/mol. The zero-order chi connectivity index (χ0) is 26.5. The van der Waals surface area contributed by atoms with E-state index in [9.17, 15) is 9.18 Å². The molecule has 196 valence electrons. The molecule has 1 amide bonds. The highest BCUT2D eigenvalue weighted by atomic mass is 19.1. The van der Waals surface area contributed by atoms with Crippen molar-refractivity contribution in [1.29, 1.82) is 0 Å². The fraction of sp³-hybridized carbons (Fsp3) is 0.414. The maximum absolute atomic E-state index is 14.7. The number of hydrogen-bond donors (Lipinski definition) is 2. The Morgan fingerprint density at radius 3 is 2.84 bits per heavy atom. The number of amidine groups is 1. The molecule has 3 aliphatic rings. The number of benzene rings is 1. The van der Waals surface area contributed by atoms with E-state index < -0.39 is 0 Å². The van der Waals surface area contributed by atoms with Crippen LogP contribution >= 0.6 is 0 Å². The highest BCUT2D eigenvalue weighted by molar-refractivity contribution is 6.00. The summed E-state index contributed by atoms with van der Waals surface area (Å²) in [5, 5.41) is 6.67. The number of carbonyl (C=O) groups is 1. The summed E-state index contributed by atoms with van der Waals surface area (Å²) < 4.78 is 14.7. The number of rotatable bonds is 9. The second-order valence-electron chi connectivity index (χ2n) is 9.79. The number of nitrogens with one attached hydrogen (secondary N) is 2. The third kappa shape index (κ3) is 5.91. The van der Waals surface area contributed by atoms with Crippen molar-refractivity contribution in [3.63, 3.8) is 0 Å². The molecule has 1 aromatic rings. The first-order valence-electron chi connectivity index (χ1n) is 13.0. The van der Waals surface area contributed by atoms with Gasteiger partial charge in [0.2, 0.25) is 5.91 Å². The molecule has 3 aliphatic heterocycles. The SMILES string of the molecule is C=NC1=C(/N=C(\CC)N2C[C@H](CNCCCc3c(F)ccc4c3N(C)C(=C)C=C4)CC2=O)NC(=C)CC1. The minimum absolute atomic E-state index is 0.0880. The van der Waals surface area contributed by atoms with Gasteiger partial charge in [0, 0.05) is 49.9 Å². The average molecular weight is 505 g/mol. The second-order valence-corrected chi connectivity index (χ2v) is 9.79. The van der Waals surface area contributed by atoms with Gasteiger partial charge < -0.3 is 15.5 Å². The number of nitrogens with zero attached hydrogens (tertiary/aromatic N) is 4. The number of aliphatic imine (C=N–C) groups is 2. The van der Waals surface area contributed by atoms with Gasteiger partial charge in [-0.25, -0.2) is 9.38 Å². The van der Waals surface area contributed by atoms with Gasteiger partial charge in [-0.05, 0) is 68.6 Å². The Labute approximate surface area is 219 Å². The van der Waals surface area contributed by atoms with Crippen molar-refractivity contribution in [2.45, 2.75) is 45.4 Å². The van der Waals surface area contributed by atoms with Crippen molar-refractivity contribution in [2.24, 2.45) is 15.9 Å². The molecule has 0 aliphatic carbocycles. The molecule has 2 N–H and O–H groups in total. The fourth-order valence-electron chi connectivity index (χ4n) is 5.10. The van der Waals surface area contributed by atoms with E-state index in [0.717, 1.165) is 72.1 Å². The van der Waals surface area contributed by atoms with Crippen molar-refractivity contribution in [1.82, 2.24) is 15.5 Å². The summed E-state index contributed by atoms with van der Waals surface area (Å²) in [6.45, 7) is 15.8. The van der Waals surface area contributed by atoms with Crippen LogP contribution < -0.4 is 15.5 Å². The van der Waals surface area contributed by atoms with E-state index in [0.29, 0.717) is 31.6 Å². The summed E-state index contributed by atoms with van der Waals surface area (Å²) in [7, 11) is 1.93. The Bertz CT molecular complexity index is 1200. The molecule has 0 saturated carbocycles. The first-order chi connectivity index (χ1) is 17.8. The number of carbonyl (C=O) groups excluding carboxylic acids is 1. The van der Waals surface area contributed by atoms with Gasteiger partial charge in [0.25, 0.3) is 0 Å². The van der Waals surface area contributed by atoms with Crippen LogP contribution in [0.5, 0.6) is 0 Å². The molecule has 1 saturated heterocycles. The summed E-state index contributed by atoms with van der Waals surface area (Å²) in [6.07, 6.45) is 8.02. The van der Waals surface area contributed by atoms with Crippen molar-refractivity contribution in [3.05, 3.63) is 71.2 Å². The Balaban J connectivity index is 1.31. The summed E-state index contributed by atoms with van der Waals surface area (Å²) >= 11 is 0. The maximum atomic E-state index is 14.7. The van der Waals surface area contributed by atoms with Gasteiger partial charge in [-0.3, -0.25) is 14.7 Å². The lowest BCUT2D eigenvalue weighted by molar-refractivity contribution is -0.124. The minimum atomic E-state index is -0.182. The van der Waals surface area contributed by atoms with E-state index in [1.165, 1.54) is 0 Å². The molecule has 0 unspecified atom stereocenters. The number of allylic oxidation sites excluding steroid dienone is 3. The van der Waals surface area contributed by atoms with Crippen molar-refractivity contribution in [3.8, 4) is 0 Å². The first-order valence-corrected chi connectivity index (χ1v) is 13.0. The molecule has 1 fully saturated rings. The third-order valence-corrected chi connectivity index (χ3v) is 7.19. The Kier molecular flexibility index (Phi) is 8.38. The molecule has 3 heterocycles. The number of halogens is 1. The average Bonchev–Trinajstić information content (AvgIpc) is 3.25. The smallest absolute Gasteiger partial charge is 0.228 e. The summed E-state index contributed by atoms with van der Waals surface area (Å²) in [6, 6.07) is 3.36. The van der Waals surface area contributed by atoms with Crippen LogP contribution in [0.25, 0.3) is 6.08 Å². The normalized spacial score (nSPS) is 20.0. The molecule has 7 nitrogen and oxygen atoms in total. The fourth-order valence-corrected chi connectivity index (χ4v) is 5.10. The van der Waals surface area contributed by atoms with Crippen LogP contribution in [0.4, 0.5) is 10.1 Å². The predicted octanol–water partition coefficient (Wildman–Crippen LogP) is 4.75. The molecular formula is C29H37FN6O. The van der Waals surface area contributed by atoms with Gasteiger partial charge in [0.1, 0.15) is 11.7 Å². The molecule has 8 heteroatoms. The highest BCUT2D eigenvalue weighted by Crippen LogP contribution is 2.34. The van der Waals surface area contributed by atoms with Crippen LogP contribution in [-0.2, 0) is 11.2 Å². The van der Waals surface area contributed by atoms with Gasteiger partial charge in [-0.1, -0.05) is 26.2 Å². The lowest BCUT2D eigenvalue weighted by Gasteiger charge is -2.28. The number of hydrogen-bond acceptors (Lipinski definition) is 6. The number of amides is 1. The topological polar surface area (TPSA) is 72.3 Å². The molecule has 0 spiro atoms. The third-order valence-electron chi connectivity index (χ3n) is 7.19. The quantitative estimate of drug-likeness (QED) is 0.289. The zero-order valence-electron chi connectivity index (χ0n) is 21.9. The number of likely N-dealkylation sites (N-methyl/N-ethyl adjacent to an activating group) is 1. The Morgan fingerprint density at radius 2 is 2.08 bits per heavy atom. The molecule has 1 aromatic carbocycles. The van der Waals surface area contributed by atoms with Gasteiger partial charge in [-0.2, -0.15) is 0 Å². The van der Waals surface area contributed by atoms with Gasteiger partial charge >= 0.3 is 0 Å². The lowest BCUT2D eigenvalue weighted by atomic mass is 9.98. The molecule has 1 atom stereocenters. The number of fused-ring (bicyclic) bond motifs is 1. The van der Waals surface area contributed by atoms with Crippen LogP contribution in [0.3, 0.4) is 0 Å². The molecule has 0 bridgehead atoms. The molecule has 0 radical (unpaired) electrons.